The third-order valence-electron chi connectivity index (χ3n) is 13.0. The number of aryl methyl sites for hydroxylation is 3. The molecule has 65 heavy (non-hydrogen) atoms. The van der Waals surface area contributed by atoms with Gasteiger partial charge in [0, 0.05) is 99.5 Å². The van der Waals surface area contributed by atoms with Gasteiger partial charge >= 0.3 is 6.09 Å². The van der Waals surface area contributed by atoms with E-state index in [0.717, 1.165) is 127 Å². The molecule has 6 aromatic rings. The highest BCUT2D eigenvalue weighted by Crippen LogP contribution is 2.47. The first kappa shape index (κ1) is 46.4. The van der Waals surface area contributed by atoms with Gasteiger partial charge in [-0.1, -0.05) is 32.4 Å². The number of rotatable bonds is 5. The molecule has 4 saturated heterocycles. The molecule has 16 heteroatoms. The fourth-order valence-corrected chi connectivity index (χ4v) is 12.5. The van der Waals surface area contributed by atoms with Crippen LogP contribution in [-0.4, -0.2) is 83.9 Å². The number of aromatic nitrogens is 3. The fraction of sp³-hybridized carbons (Fsp3) is 0.490. The number of fused-ring (bicyclic) bond motifs is 3. The van der Waals surface area contributed by atoms with E-state index in [1.54, 1.807) is 46.4 Å². The summed E-state index contributed by atoms with van der Waals surface area (Å²) in [7, 11) is 0. The van der Waals surface area contributed by atoms with Crippen LogP contribution in [0.5, 0.6) is 0 Å². The van der Waals surface area contributed by atoms with Crippen LogP contribution in [0.25, 0.3) is 30.6 Å². The number of amides is 1. The van der Waals surface area contributed by atoms with Crippen LogP contribution in [0.2, 0.25) is 5.02 Å². The molecular formula is C49H55ClN10O2S3. The lowest BCUT2D eigenvalue weighted by Crippen LogP contribution is -2.61. The highest BCUT2D eigenvalue weighted by atomic mass is 35.5. The summed E-state index contributed by atoms with van der Waals surface area (Å²) >= 11 is 11.1. The molecule has 0 aliphatic carbocycles. The molecule has 1 N–H and O–H groups in total. The van der Waals surface area contributed by atoms with Crippen molar-refractivity contribution in [1.29, 1.82) is 15.8 Å². The second-order valence-corrected chi connectivity index (χ2v) is 22.4. The number of piperidine rings is 2. The molecule has 338 valence electrons. The molecule has 4 fully saturated rings. The number of nitriles is 3. The molecule has 0 radical (unpaired) electrons. The highest BCUT2D eigenvalue weighted by molar-refractivity contribution is 7.19. The Hall–Kier alpha value is -5.08. The molecule has 0 unspecified atom stereocenters. The number of hydrogen-bond donors (Lipinski definition) is 1. The molecule has 0 aromatic carbocycles. The number of ether oxygens (including phenoxy) is 1. The minimum absolute atomic E-state index is 0.212. The number of nitrogens with zero attached hydrogens (tertiary/aromatic N) is 9. The third kappa shape index (κ3) is 9.61. The molecule has 2 spiro atoms. The summed E-state index contributed by atoms with van der Waals surface area (Å²) in [4.78, 5) is 38.9. The zero-order valence-corrected chi connectivity index (χ0v) is 41.2. The summed E-state index contributed by atoms with van der Waals surface area (Å²) in [5.41, 5.74) is 4.20. The van der Waals surface area contributed by atoms with Gasteiger partial charge in [0.1, 0.15) is 38.3 Å². The van der Waals surface area contributed by atoms with E-state index >= 15 is 0 Å². The first-order chi connectivity index (χ1) is 31.2. The van der Waals surface area contributed by atoms with E-state index in [0.29, 0.717) is 21.6 Å². The predicted octanol–water partition coefficient (Wildman–Crippen LogP) is 10.9. The SMILES string of the molecule is CCc1cc2c(Cl)c(C#N)cnc2s1.CCc1cc2c(N3CC4(CCN(C(=O)OC(C)(C)C)CC4)C3)c(C#N)cnc2s1.CCc1cc2c(N3CC4(CCNCC4)C3)c(C#N)cnc2s1. The average Bonchev–Trinajstić information content (AvgIpc) is 4.04. The molecule has 4 aliphatic heterocycles. The van der Waals surface area contributed by atoms with Gasteiger partial charge in [0.05, 0.1) is 33.1 Å². The van der Waals surface area contributed by atoms with Crippen LogP contribution in [0.1, 0.15) is 98.5 Å². The zero-order chi connectivity index (χ0) is 46.1. The van der Waals surface area contributed by atoms with Crippen molar-refractivity contribution in [3.63, 3.8) is 0 Å². The Balaban J connectivity index is 0.000000141. The minimum Gasteiger partial charge on any atom is -0.444 e. The van der Waals surface area contributed by atoms with Crippen molar-refractivity contribution in [3.05, 3.63) is 73.1 Å². The summed E-state index contributed by atoms with van der Waals surface area (Å²) in [6.45, 7) is 19.9. The lowest BCUT2D eigenvalue weighted by molar-refractivity contribution is 0.00600. The first-order valence-corrected chi connectivity index (χ1v) is 25.4. The Labute approximate surface area is 398 Å². The number of carbonyl (C=O) groups excluding carboxylic acids is 1. The van der Waals surface area contributed by atoms with Gasteiger partial charge < -0.3 is 24.8 Å². The van der Waals surface area contributed by atoms with E-state index in [1.165, 1.54) is 39.1 Å². The van der Waals surface area contributed by atoms with Gasteiger partial charge in [-0.05, 0) is 97.0 Å². The van der Waals surface area contributed by atoms with Crippen LogP contribution in [0.15, 0.2) is 36.8 Å². The van der Waals surface area contributed by atoms with Gasteiger partial charge in [0.2, 0.25) is 0 Å². The van der Waals surface area contributed by atoms with Gasteiger partial charge in [-0.25, -0.2) is 19.7 Å². The molecular weight excluding hydrogens is 892 g/mol. The number of pyridine rings is 3. The highest BCUT2D eigenvalue weighted by Gasteiger charge is 2.47. The van der Waals surface area contributed by atoms with Crippen molar-refractivity contribution in [2.45, 2.75) is 92.1 Å². The predicted molar refractivity (Wildman–Crippen MR) is 265 cm³/mol. The molecule has 0 bridgehead atoms. The summed E-state index contributed by atoms with van der Waals surface area (Å²) < 4.78 is 5.51. The Bertz CT molecular complexity index is 2850. The fourth-order valence-electron chi connectivity index (χ4n) is 9.43. The Kier molecular flexibility index (Phi) is 13.6. The summed E-state index contributed by atoms with van der Waals surface area (Å²) in [5, 5.41) is 35.0. The van der Waals surface area contributed by atoms with Crippen molar-refractivity contribution in [1.82, 2.24) is 25.2 Å². The second kappa shape index (κ2) is 19.0. The summed E-state index contributed by atoms with van der Waals surface area (Å²) in [6, 6.07) is 13.1. The molecule has 1 amide bonds. The van der Waals surface area contributed by atoms with Crippen LogP contribution in [0.4, 0.5) is 16.2 Å². The Morgan fingerprint density at radius 3 is 1.51 bits per heavy atom. The quantitative estimate of drug-likeness (QED) is 0.175. The lowest BCUT2D eigenvalue weighted by Gasteiger charge is -2.55. The number of nitrogens with one attached hydrogen (secondary N) is 1. The van der Waals surface area contributed by atoms with Gasteiger partial charge in [0.15, 0.2) is 0 Å². The van der Waals surface area contributed by atoms with Crippen LogP contribution < -0.4 is 15.1 Å². The van der Waals surface area contributed by atoms with Crippen LogP contribution in [0, 0.1) is 44.8 Å². The number of carbonyl (C=O) groups is 1. The van der Waals surface area contributed by atoms with Gasteiger partial charge in [-0.3, -0.25) is 0 Å². The second-order valence-electron chi connectivity index (χ2n) is 18.6. The summed E-state index contributed by atoms with van der Waals surface area (Å²) in [6.07, 6.45) is 12.2. The average molecular weight is 948 g/mol. The van der Waals surface area contributed by atoms with Crippen LogP contribution in [0.3, 0.4) is 0 Å². The monoisotopic (exact) mass is 946 g/mol. The zero-order valence-electron chi connectivity index (χ0n) is 38.0. The normalized spacial score (nSPS) is 17.3. The van der Waals surface area contributed by atoms with Gasteiger partial charge in [-0.15, -0.1) is 34.0 Å². The molecule has 6 aromatic heterocycles. The Morgan fingerprint density at radius 2 is 1.09 bits per heavy atom. The molecule has 4 aliphatic rings. The number of anilines is 2. The number of thiophene rings is 3. The maximum atomic E-state index is 12.3. The number of likely N-dealkylation sites (tertiary alicyclic amines) is 1. The van der Waals surface area contributed by atoms with Gasteiger partial charge in [0.25, 0.3) is 0 Å². The maximum Gasteiger partial charge on any atom is 0.410 e. The first-order valence-electron chi connectivity index (χ1n) is 22.5. The molecule has 0 atom stereocenters. The minimum atomic E-state index is -0.461. The van der Waals surface area contributed by atoms with E-state index < -0.39 is 5.60 Å². The van der Waals surface area contributed by atoms with Crippen molar-refractivity contribution in [2.75, 3.05) is 62.2 Å². The van der Waals surface area contributed by atoms with E-state index in [4.69, 9.17) is 21.6 Å². The van der Waals surface area contributed by atoms with Crippen molar-refractivity contribution >= 4 is 93.7 Å². The number of halogens is 1. The maximum absolute atomic E-state index is 12.3. The summed E-state index contributed by atoms with van der Waals surface area (Å²) in [5.74, 6) is 0. The van der Waals surface area contributed by atoms with E-state index in [1.807, 2.05) is 37.8 Å². The van der Waals surface area contributed by atoms with E-state index in [2.05, 4.69) is 75.1 Å². The smallest absolute Gasteiger partial charge is 0.410 e. The van der Waals surface area contributed by atoms with Crippen molar-refractivity contribution in [2.24, 2.45) is 10.8 Å². The third-order valence-corrected chi connectivity index (χ3v) is 17.0. The molecule has 0 saturated carbocycles. The van der Waals surface area contributed by atoms with E-state index in [-0.39, 0.29) is 11.5 Å². The number of hydrogen-bond acceptors (Lipinski definition) is 14. The van der Waals surface area contributed by atoms with Crippen molar-refractivity contribution in [3.8, 4) is 18.2 Å². The van der Waals surface area contributed by atoms with E-state index in [9.17, 15) is 15.3 Å². The lowest BCUT2D eigenvalue weighted by atomic mass is 9.71. The standard InChI is InChI=1S/C22H28N4O2S.C17H20N4S.C10H7ClN2S/c1-5-16-10-17-18(15(11-23)12-24-19(17)29-16)26-13-22(14-26)6-8-25(9-7-22)20(27)28-21(2,3)4;1-2-13-7-14-15(12(8-18)9-20-16(14)22-13)21-10-17(11-21)3-5-19-6-4-17;1-2-7-3-8-9(11)6(4-12)5-13-10(8)14-7/h10,12H,5-9,13-14H2,1-4H3;7,9,19H,2-6,10-11H2,1H3;3,5H,2H2,1H3. The Morgan fingerprint density at radius 1 is 0.692 bits per heavy atom. The van der Waals surface area contributed by atoms with Crippen LogP contribution >= 0.6 is 45.6 Å². The molecule has 10 rings (SSSR count). The van der Waals surface area contributed by atoms with Crippen LogP contribution in [-0.2, 0) is 24.0 Å². The van der Waals surface area contributed by atoms with Gasteiger partial charge in [-0.2, -0.15) is 15.8 Å². The molecule has 12 nitrogen and oxygen atoms in total. The van der Waals surface area contributed by atoms with Crippen molar-refractivity contribution < 1.29 is 9.53 Å². The largest absolute Gasteiger partial charge is 0.444 e. The molecule has 10 heterocycles. The topological polar surface area (TPSA) is 158 Å².